The predicted molar refractivity (Wildman–Crippen MR) is 137 cm³/mol. The van der Waals surface area contributed by atoms with Gasteiger partial charge in [-0.05, 0) is 31.2 Å². The maximum atomic E-state index is 12.9. The van der Waals surface area contributed by atoms with Gasteiger partial charge in [0.2, 0.25) is 0 Å². The summed E-state index contributed by atoms with van der Waals surface area (Å²) in [6.45, 7) is 0.499. The first-order chi connectivity index (χ1) is 19.4. The van der Waals surface area contributed by atoms with Crippen molar-refractivity contribution in [2.75, 3.05) is 6.61 Å². The van der Waals surface area contributed by atoms with Gasteiger partial charge in [-0.25, -0.2) is 0 Å². The minimum absolute atomic E-state index is 0.0173. The SMILES string of the molecule is C[C@@H]1O[C@@](Oc2cc(O)c3c(=O)cc(-c4ccc(O)cc4)oc3c2)([C@H]2O[C@@H](CO)[C@@H](O)[C@@H](O)[C@@H]2O)[C@@H](O)[C@@H](O)[C@H]1O. The number of hydrogen-bond donors (Lipinski definition) is 9. The average Bonchev–Trinajstić information content (AvgIpc) is 2.93. The summed E-state index contributed by atoms with van der Waals surface area (Å²) in [5, 5.41) is 93.4. The lowest BCUT2D eigenvalue weighted by atomic mass is 9.83. The van der Waals surface area contributed by atoms with Gasteiger partial charge in [0.15, 0.2) is 17.6 Å². The Bertz CT molecular complexity index is 1450. The maximum absolute atomic E-state index is 12.9. The maximum Gasteiger partial charge on any atom is 0.268 e. The predicted octanol–water partition coefficient (Wildman–Crippen LogP) is -1.71. The molecule has 2 saturated heterocycles. The van der Waals surface area contributed by atoms with Crippen molar-refractivity contribution in [1.82, 2.24) is 0 Å². The Morgan fingerprint density at radius 3 is 2.22 bits per heavy atom. The normalized spacial score (nSPS) is 35.9. The van der Waals surface area contributed by atoms with E-state index in [4.69, 9.17) is 18.6 Å². The molecular formula is C27H30O14. The van der Waals surface area contributed by atoms with Crippen LogP contribution in [0, 0.1) is 0 Å². The number of phenolic OH excluding ortho intramolecular Hbond substituents is 2. The molecule has 41 heavy (non-hydrogen) atoms. The minimum Gasteiger partial charge on any atom is -0.508 e. The van der Waals surface area contributed by atoms with Gasteiger partial charge >= 0.3 is 0 Å². The Balaban J connectivity index is 1.63. The fraction of sp³-hybridized carbons (Fsp3) is 0.444. The van der Waals surface area contributed by atoms with Crippen LogP contribution in [0.4, 0.5) is 0 Å². The molecule has 0 radical (unpaired) electrons. The molecule has 1 aromatic heterocycles. The fourth-order valence-corrected chi connectivity index (χ4v) is 5.20. The van der Waals surface area contributed by atoms with Crippen LogP contribution in [-0.2, 0) is 9.47 Å². The second kappa shape index (κ2) is 10.8. The summed E-state index contributed by atoms with van der Waals surface area (Å²) in [5.74, 6) is -3.49. The molecule has 2 aliphatic rings. The average molecular weight is 579 g/mol. The number of aromatic hydroxyl groups is 2. The number of hydrogen-bond acceptors (Lipinski definition) is 14. The molecule has 10 atom stereocenters. The summed E-state index contributed by atoms with van der Waals surface area (Å²) in [6, 6.07) is 9.01. The van der Waals surface area contributed by atoms with Crippen molar-refractivity contribution in [2.24, 2.45) is 0 Å². The van der Waals surface area contributed by atoms with E-state index in [2.05, 4.69) is 0 Å². The third kappa shape index (κ3) is 4.92. The summed E-state index contributed by atoms with van der Waals surface area (Å²) in [6.07, 6.45) is -16.0. The number of aliphatic hydroxyl groups excluding tert-OH is 7. The quantitative estimate of drug-likeness (QED) is 0.164. The van der Waals surface area contributed by atoms with Crippen molar-refractivity contribution in [3.8, 4) is 28.6 Å². The highest BCUT2D eigenvalue weighted by molar-refractivity contribution is 5.86. The van der Waals surface area contributed by atoms with Crippen LogP contribution in [0.5, 0.6) is 17.2 Å². The van der Waals surface area contributed by atoms with E-state index in [9.17, 15) is 50.8 Å². The summed E-state index contributed by atoms with van der Waals surface area (Å²) in [5.41, 5.74) is -0.385. The first-order valence-electron chi connectivity index (χ1n) is 12.7. The van der Waals surface area contributed by atoms with Crippen molar-refractivity contribution in [1.29, 1.82) is 0 Å². The molecule has 2 fully saturated rings. The van der Waals surface area contributed by atoms with Gasteiger partial charge in [-0.2, -0.15) is 0 Å². The highest BCUT2D eigenvalue weighted by Crippen LogP contribution is 2.42. The molecule has 3 aromatic rings. The van der Waals surface area contributed by atoms with Gasteiger partial charge in [-0.1, -0.05) is 0 Å². The van der Waals surface area contributed by atoms with Crippen LogP contribution in [-0.4, -0.2) is 113 Å². The molecule has 2 aliphatic heterocycles. The van der Waals surface area contributed by atoms with Crippen LogP contribution in [0.15, 0.2) is 51.7 Å². The van der Waals surface area contributed by atoms with Gasteiger partial charge in [0.05, 0.1) is 12.7 Å². The van der Waals surface area contributed by atoms with Gasteiger partial charge in [-0.3, -0.25) is 4.79 Å². The lowest BCUT2D eigenvalue weighted by Crippen LogP contribution is -2.76. The minimum atomic E-state index is -2.61. The molecule has 9 N–H and O–H groups in total. The van der Waals surface area contributed by atoms with Crippen LogP contribution in [0.25, 0.3) is 22.3 Å². The third-order valence-electron chi connectivity index (χ3n) is 7.44. The lowest BCUT2D eigenvalue weighted by Gasteiger charge is -2.54. The molecule has 0 amide bonds. The Hall–Kier alpha value is -3.31. The molecule has 14 heteroatoms. The molecule has 14 nitrogen and oxygen atoms in total. The molecule has 0 aliphatic carbocycles. The highest BCUT2D eigenvalue weighted by atomic mass is 16.7. The van der Waals surface area contributed by atoms with E-state index >= 15 is 0 Å². The van der Waals surface area contributed by atoms with Crippen LogP contribution >= 0.6 is 0 Å². The standard InChI is InChI=1S/C27H30O14/c1-10-20(32)23(35)25(37)27(40-10,26-24(36)22(34)21(33)18(9-28)39-26)41-13-6-14(30)19-15(31)8-16(38-17(19)7-13)11-2-4-12(29)5-3-11/h2-8,10,18,20-26,28-30,32-37H,9H2,1H3/t10-,18-,20-,21+,22+,23-,24-,25-,26-,27-/m0/s1. The Labute approximate surface area is 231 Å². The Kier molecular flexibility index (Phi) is 7.71. The molecule has 0 unspecified atom stereocenters. The number of aliphatic hydroxyl groups is 7. The molecule has 0 bridgehead atoms. The van der Waals surface area contributed by atoms with E-state index < -0.39 is 78.5 Å². The number of phenols is 2. The molecule has 5 rings (SSSR count). The van der Waals surface area contributed by atoms with Crippen LogP contribution in [0.1, 0.15) is 6.92 Å². The molecular weight excluding hydrogens is 548 g/mol. The van der Waals surface area contributed by atoms with Crippen molar-refractivity contribution in [2.45, 2.75) is 67.6 Å². The Morgan fingerprint density at radius 2 is 1.56 bits per heavy atom. The van der Waals surface area contributed by atoms with Crippen LogP contribution in [0.2, 0.25) is 0 Å². The number of rotatable bonds is 5. The van der Waals surface area contributed by atoms with E-state index in [0.29, 0.717) is 5.56 Å². The first kappa shape index (κ1) is 29.2. The van der Waals surface area contributed by atoms with Crippen molar-refractivity contribution in [3.05, 3.63) is 52.7 Å². The van der Waals surface area contributed by atoms with E-state index in [-0.39, 0.29) is 28.2 Å². The van der Waals surface area contributed by atoms with E-state index in [1.165, 1.54) is 31.2 Å². The second-order valence-corrected chi connectivity index (χ2v) is 10.2. The molecule has 0 saturated carbocycles. The molecule has 3 heterocycles. The first-order valence-corrected chi connectivity index (χ1v) is 12.7. The lowest BCUT2D eigenvalue weighted by molar-refractivity contribution is -0.392. The van der Waals surface area contributed by atoms with Gasteiger partial charge in [0.1, 0.15) is 70.6 Å². The second-order valence-electron chi connectivity index (χ2n) is 10.2. The van der Waals surface area contributed by atoms with Crippen LogP contribution < -0.4 is 10.2 Å². The number of ether oxygens (including phenoxy) is 3. The van der Waals surface area contributed by atoms with E-state index in [0.717, 1.165) is 18.2 Å². The molecule has 222 valence electrons. The van der Waals surface area contributed by atoms with E-state index in [1.54, 1.807) is 0 Å². The van der Waals surface area contributed by atoms with Crippen molar-refractivity contribution < 1.29 is 64.6 Å². The summed E-state index contributed by atoms with van der Waals surface area (Å²) in [7, 11) is 0. The summed E-state index contributed by atoms with van der Waals surface area (Å²) in [4.78, 5) is 12.9. The number of fused-ring (bicyclic) bond motifs is 1. The zero-order chi connectivity index (χ0) is 29.8. The van der Waals surface area contributed by atoms with Gasteiger partial charge < -0.3 is 64.6 Å². The largest absolute Gasteiger partial charge is 0.508 e. The zero-order valence-electron chi connectivity index (χ0n) is 21.5. The highest BCUT2D eigenvalue weighted by Gasteiger charge is 2.64. The zero-order valence-corrected chi connectivity index (χ0v) is 21.5. The summed E-state index contributed by atoms with van der Waals surface area (Å²) < 4.78 is 23.2. The fourth-order valence-electron chi connectivity index (χ4n) is 5.20. The molecule has 0 spiro atoms. The van der Waals surface area contributed by atoms with Crippen LogP contribution in [0.3, 0.4) is 0 Å². The van der Waals surface area contributed by atoms with Crippen molar-refractivity contribution >= 4 is 11.0 Å². The third-order valence-corrected chi connectivity index (χ3v) is 7.44. The van der Waals surface area contributed by atoms with E-state index in [1.807, 2.05) is 0 Å². The molecule has 2 aromatic carbocycles. The monoisotopic (exact) mass is 578 g/mol. The van der Waals surface area contributed by atoms with Gasteiger partial charge in [0, 0.05) is 23.8 Å². The van der Waals surface area contributed by atoms with Gasteiger partial charge in [0.25, 0.3) is 5.79 Å². The number of benzene rings is 2. The topological polar surface area (TPSA) is 240 Å². The smallest absolute Gasteiger partial charge is 0.268 e. The van der Waals surface area contributed by atoms with Crippen molar-refractivity contribution in [3.63, 3.8) is 0 Å². The van der Waals surface area contributed by atoms with Gasteiger partial charge in [-0.15, -0.1) is 0 Å². The summed E-state index contributed by atoms with van der Waals surface area (Å²) >= 11 is 0. The Morgan fingerprint density at radius 1 is 0.878 bits per heavy atom.